The predicted molar refractivity (Wildman–Crippen MR) is 73.3 cm³/mol. The van der Waals surface area contributed by atoms with Crippen LogP contribution in [0.2, 0.25) is 0 Å². The van der Waals surface area contributed by atoms with Gasteiger partial charge in [0.2, 0.25) is 0 Å². The lowest BCUT2D eigenvalue weighted by Gasteiger charge is -2.25. The largest absolute Gasteiger partial charge is 0.447 e. The van der Waals surface area contributed by atoms with Crippen LogP contribution in [0.5, 0.6) is 0 Å². The van der Waals surface area contributed by atoms with Crippen LogP contribution in [-0.2, 0) is 17.6 Å². The number of nitrogens with zero attached hydrogens (tertiary/aromatic N) is 2. The number of aromatic nitrogens is 1. The van der Waals surface area contributed by atoms with Crippen LogP contribution in [-0.4, -0.2) is 23.7 Å². The van der Waals surface area contributed by atoms with Crippen molar-refractivity contribution in [2.75, 3.05) is 11.5 Å². The molecule has 1 aromatic heterocycles. The number of cyclic esters (lactones) is 1. The Morgan fingerprint density at radius 3 is 2.89 bits per heavy atom. The minimum atomic E-state index is -0.262. The van der Waals surface area contributed by atoms with Gasteiger partial charge in [-0.3, -0.25) is 4.90 Å². The normalized spacial score (nSPS) is 22.6. The van der Waals surface area contributed by atoms with Gasteiger partial charge in [0.15, 0.2) is 0 Å². The van der Waals surface area contributed by atoms with Gasteiger partial charge in [0, 0.05) is 5.69 Å². The van der Waals surface area contributed by atoms with Gasteiger partial charge in [-0.05, 0) is 43.2 Å². The summed E-state index contributed by atoms with van der Waals surface area (Å²) in [4.78, 5) is 18.3. The number of ether oxygens (including phenoxy) is 1. The van der Waals surface area contributed by atoms with Gasteiger partial charge < -0.3 is 4.74 Å². The fraction of sp³-hybridized carbons (Fsp3) is 0.600. The highest BCUT2D eigenvalue weighted by atomic mass is 16.6. The number of amides is 1. The molecule has 0 saturated carbocycles. The first-order valence-electron chi connectivity index (χ1n) is 7.11. The fourth-order valence-electron chi connectivity index (χ4n) is 2.89. The van der Waals surface area contributed by atoms with E-state index >= 15 is 0 Å². The number of fused-ring (bicyclic) bond motifs is 1. The zero-order chi connectivity index (χ0) is 13.4. The van der Waals surface area contributed by atoms with Crippen molar-refractivity contribution >= 4 is 11.9 Å². The van der Waals surface area contributed by atoms with Gasteiger partial charge in [0.1, 0.15) is 12.4 Å². The molecule has 1 fully saturated rings. The molecule has 0 radical (unpaired) electrons. The molecule has 0 spiro atoms. The molecule has 1 aliphatic carbocycles. The SMILES string of the molecule is CC(C)[C@H]1COC(=O)N1c1ccc2c(n1)CCCC2. The molecule has 19 heavy (non-hydrogen) atoms. The summed E-state index contributed by atoms with van der Waals surface area (Å²) in [5.74, 6) is 1.12. The van der Waals surface area contributed by atoms with Gasteiger partial charge in [-0.15, -0.1) is 0 Å². The monoisotopic (exact) mass is 260 g/mol. The maximum atomic E-state index is 11.9. The Balaban J connectivity index is 1.94. The summed E-state index contributed by atoms with van der Waals surface area (Å²) in [6, 6.07) is 4.19. The number of anilines is 1. The van der Waals surface area contributed by atoms with E-state index < -0.39 is 0 Å². The number of hydrogen-bond acceptors (Lipinski definition) is 3. The first-order valence-corrected chi connectivity index (χ1v) is 7.11. The van der Waals surface area contributed by atoms with Crippen LogP contribution in [0, 0.1) is 5.92 Å². The highest BCUT2D eigenvalue weighted by Gasteiger charge is 2.37. The van der Waals surface area contributed by atoms with Gasteiger partial charge in [-0.25, -0.2) is 9.78 Å². The molecular weight excluding hydrogens is 240 g/mol. The second-order valence-electron chi connectivity index (χ2n) is 5.74. The summed E-state index contributed by atoms with van der Waals surface area (Å²) in [5.41, 5.74) is 2.50. The number of carbonyl (C=O) groups excluding carboxylic acids is 1. The Kier molecular flexibility index (Phi) is 3.17. The summed E-state index contributed by atoms with van der Waals surface area (Å²) in [7, 11) is 0. The van der Waals surface area contributed by atoms with Crippen molar-refractivity contribution < 1.29 is 9.53 Å². The number of pyridine rings is 1. The molecule has 3 rings (SSSR count). The number of aryl methyl sites for hydroxylation is 2. The van der Waals surface area contributed by atoms with E-state index in [4.69, 9.17) is 9.72 Å². The highest BCUT2D eigenvalue weighted by Crippen LogP contribution is 2.28. The molecule has 2 aliphatic rings. The van der Waals surface area contributed by atoms with E-state index in [1.54, 1.807) is 4.90 Å². The van der Waals surface area contributed by atoms with E-state index in [1.165, 1.54) is 18.4 Å². The third-order valence-corrected chi connectivity index (χ3v) is 4.09. The molecular formula is C15H20N2O2. The Morgan fingerprint density at radius 2 is 2.11 bits per heavy atom. The van der Waals surface area contributed by atoms with Crippen LogP contribution in [0.15, 0.2) is 12.1 Å². The van der Waals surface area contributed by atoms with Gasteiger partial charge in [0.25, 0.3) is 0 Å². The minimum absolute atomic E-state index is 0.0987. The zero-order valence-corrected chi connectivity index (χ0v) is 11.6. The molecule has 102 valence electrons. The van der Waals surface area contributed by atoms with Crippen molar-refractivity contribution in [3.8, 4) is 0 Å². The molecule has 4 heteroatoms. The minimum Gasteiger partial charge on any atom is -0.447 e. The fourth-order valence-corrected chi connectivity index (χ4v) is 2.89. The molecule has 2 heterocycles. The number of carbonyl (C=O) groups is 1. The smallest absolute Gasteiger partial charge is 0.415 e. The summed E-state index contributed by atoms with van der Waals surface area (Å²) in [6.45, 7) is 4.69. The van der Waals surface area contributed by atoms with Crippen molar-refractivity contribution in [2.45, 2.75) is 45.6 Å². The average molecular weight is 260 g/mol. The lowest BCUT2D eigenvalue weighted by molar-refractivity contribution is 0.177. The van der Waals surface area contributed by atoms with Crippen LogP contribution in [0.4, 0.5) is 10.6 Å². The van der Waals surface area contributed by atoms with Crippen molar-refractivity contribution in [2.24, 2.45) is 5.92 Å². The summed E-state index contributed by atoms with van der Waals surface area (Å²) < 4.78 is 5.18. The first kappa shape index (κ1) is 12.5. The van der Waals surface area contributed by atoms with E-state index in [9.17, 15) is 4.79 Å². The van der Waals surface area contributed by atoms with Gasteiger partial charge >= 0.3 is 6.09 Å². The average Bonchev–Trinajstić information content (AvgIpc) is 2.80. The molecule has 0 N–H and O–H groups in total. The predicted octanol–water partition coefficient (Wildman–Crippen LogP) is 2.94. The Morgan fingerprint density at radius 1 is 1.32 bits per heavy atom. The standard InChI is InChI=1S/C15H20N2O2/c1-10(2)13-9-19-15(18)17(13)14-8-7-11-5-3-4-6-12(11)16-14/h7-8,10,13H,3-6,9H2,1-2H3/t13-/m1/s1. The topological polar surface area (TPSA) is 42.4 Å². The quantitative estimate of drug-likeness (QED) is 0.821. The number of rotatable bonds is 2. The van der Waals surface area contributed by atoms with Gasteiger partial charge in [-0.1, -0.05) is 19.9 Å². The zero-order valence-electron chi connectivity index (χ0n) is 11.6. The van der Waals surface area contributed by atoms with E-state index in [0.29, 0.717) is 12.5 Å². The Bertz CT molecular complexity index is 499. The van der Waals surface area contributed by atoms with Gasteiger partial charge in [0.05, 0.1) is 6.04 Å². The number of hydrogen-bond donors (Lipinski definition) is 0. The van der Waals surface area contributed by atoms with E-state index in [1.807, 2.05) is 6.07 Å². The highest BCUT2D eigenvalue weighted by molar-refractivity contribution is 5.89. The molecule has 1 aromatic rings. The van der Waals surface area contributed by atoms with Crippen LogP contribution < -0.4 is 4.90 Å². The molecule has 0 bridgehead atoms. The lowest BCUT2D eigenvalue weighted by atomic mass is 9.96. The molecule has 1 saturated heterocycles. The summed E-state index contributed by atoms with van der Waals surface area (Å²) >= 11 is 0. The van der Waals surface area contributed by atoms with E-state index in [-0.39, 0.29) is 12.1 Å². The Hall–Kier alpha value is -1.58. The maximum absolute atomic E-state index is 11.9. The van der Waals surface area contributed by atoms with Crippen LogP contribution in [0.3, 0.4) is 0 Å². The van der Waals surface area contributed by atoms with Gasteiger partial charge in [-0.2, -0.15) is 0 Å². The second-order valence-corrected chi connectivity index (χ2v) is 5.74. The molecule has 4 nitrogen and oxygen atoms in total. The van der Waals surface area contributed by atoms with Crippen LogP contribution in [0.25, 0.3) is 0 Å². The summed E-state index contributed by atoms with van der Waals surface area (Å²) in [6.07, 6.45) is 4.32. The third kappa shape index (κ3) is 2.20. The second kappa shape index (κ2) is 4.83. The molecule has 1 aliphatic heterocycles. The lowest BCUT2D eigenvalue weighted by Crippen LogP contribution is -2.38. The van der Waals surface area contributed by atoms with Crippen LogP contribution in [0.1, 0.15) is 37.9 Å². The third-order valence-electron chi connectivity index (χ3n) is 4.09. The van der Waals surface area contributed by atoms with Crippen molar-refractivity contribution in [3.05, 3.63) is 23.4 Å². The van der Waals surface area contributed by atoms with Crippen molar-refractivity contribution in [3.63, 3.8) is 0 Å². The molecule has 0 aromatic carbocycles. The molecule has 0 unspecified atom stereocenters. The maximum Gasteiger partial charge on any atom is 0.415 e. The molecule has 1 amide bonds. The van der Waals surface area contributed by atoms with Crippen molar-refractivity contribution in [1.82, 2.24) is 4.98 Å². The van der Waals surface area contributed by atoms with Crippen molar-refractivity contribution in [1.29, 1.82) is 0 Å². The molecule has 1 atom stereocenters. The Labute approximate surface area is 113 Å². The van der Waals surface area contributed by atoms with Crippen LogP contribution >= 0.6 is 0 Å². The van der Waals surface area contributed by atoms with E-state index in [2.05, 4.69) is 19.9 Å². The van der Waals surface area contributed by atoms with E-state index in [0.717, 1.165) is 24.4 Å². The first-order chi connectivity index (χ1) is 9.16. The summed E-state index contributed by atoms with van der Waals surface area (Å²) in [5, 5.41) is 0.